The highest BCUT2D eigenvalue weighted by atomic mass is 16.5. The molecule has 2 aromatic carbocycles. The first-order valence-corrected chi connectivity index (χ1v) is 15.2. The van der Waals surface area contributed by atoms with E-state index in [0.717, 1.165) is 24.8 Å². The molecule has 2 unspecified atom stereocenters. The van der Waals surface area contributed by atoms with Crippen molar-refractivity contribution >= 4 is 42.0 Å². The Morgan fingerprint density at radius 2 is 1.84 bits per heavy atom. The van der Waals surface area contributed by atoms with Crippen LogP contribution in [0.15, 0.2) is 53.5 Å². The molecule has 45 heavy (non-hydrogen) atoms. The number of benzene rings is 2. The molecular formula is C33H42N6O6. The second-order valence-electron chi connectivity index (χ2n) is 12.1. The number of aryl methyl sites for hydroxylation is 1. The van der Waals surface area contributed by atoms with E-state index in [4.69, 9.17) is 16.2 Å². The van der Waals surface area contributed by atoms with Gasteiger partial charge >= 0.3 is 5.97 Å². The summed E-state index contributed by atoms with van der Waals surface area (Å²) in [7, 11) is 0. The molecule has 1 fully saturated rings. The number of carbonyl (C=O) groups is 5. The fraction of sp³-hybridized carbons (Fsp3) is 0.455. The van der Waals surface area contributed by atoms with Crippen LogP contribution in [0.2, 0.25) is 0 Å². The van der Waals surface area contributed by atoms with Crippen molar-refractivity contribution in [3.8, 4) is 0 Å². The summed E-state index contributed by atoms with van der Waals surface area (Å²) in [4.78, 5) is 70.9. The Morgan fingerprint density at radius 3 is 2.49 bits per heavy atom. The first-order valence-electron chi connectivity index (χ1n) is 15.2. The summed E-state index contributed by atoms with van der Waals surface area (Å²) in [5.41, 5.74) is 8.51. The van der Waals surface area contributed by atoms with Crippen LogP contribution in [-0.2, 0) is 35.8 Å². The molecule has 2 aliphatic rings. The van der Waals surface area contributed by atoms with E-state index in [1.807, 2.05) is 24.3 Å². The van der Waals surface area contributed by atoms with Crippen LogP contribution >= 0.6 is 0 Å². The largest absolute Gasteiger partial charge is 0.462 e. The molecule has 12 nitrogen and oxygen atoms in total. The second-order valence-corrected chi connectivity index (χ2v) is 12.1. The Labute approximate surface area is 262 Å². The lowest BCUT2D eigenvalue weighted by Crippen LogP contribution is -2.59. The molecule has 0 spiro atoms. The number of anilines is 1. The molecule has 2 amide bonds. The van der Waals surface area contributed by atoms with Gasteiger partial charge in [-0.3, -0.25) is 19.9 Å². The molecule has 0 saturated carbocycles. The SMILES string of the molecule is CC(C)OC(=O)[C@]1(C(C)(CN2C(=O)CNC(=O)c3cc(CCCCCN=C(N)N)ccc32)c2ccccc2)NC1(C=O)CC=O. The standard InChI is InChI=1S/C33H42N6O6/c1-22(2)45-29(44)33(32(21-41,38-33)15-17-40)31(3,24-11-7-4-8-12-24)20-39-26-14-13-23(10-6-5-9-16-36-30(34)35)18-25(26)28(43)37-19-27(39)42/h4,7-8,11-14,17-18,21-22,38H,5-6,9-10,15-16,19-20H2,1-3H3,(H,37,43)(H4,34,35,36)/t31?,32?,33-/m1/s1. The minimum atomic E-state index is -1.68. The van der Waals surface area contributed by atoms with Crippen LogP contribution in [0.1, 0.15) is 67.9 Å². The lowest BCUT2D eigenvalue weighted by Gasteiger charge is -2.41. The van der Waals surface area contributed by atoms with Crippen LogP contribution in [0.25, 0.3) is 0 Å². The number of nitrogens with one attached hydrogen (secondary N) is 2. The zero-order chi connectivity index (χ0) is 32.8. The van der Waals surface area contributed by atoms with E-state index in [0.29, 0.717) is 42.4 Å². The first-order chi connectivity index (χ1) is 21.4. The average molecular weight is 619 g/mol. The topological polar surface area (TPSA) is 196 Å². The molecule has 4 rings (SSSR count). The Bertz CT molecular complexity index is 1480. The molecule has 0 bridgehead atoms. The van der Waals surface area contributed by atoms with E-state index in [2.05, 4.69) is 15.6 Å². The molecule has 0 radical (unpaired) electrons. The number of ether oxygens (including phenoxy) is 1. The van der Waals surface area contributed by atoms with E-state index in [1.165, 1.54) is 4.90 Å². The van der Waals surface area contributed by atoms with Gasteiger partial charge in [-0.25, -0.2) is 4.79 Å². The van der Waals surface area contributed by atoms with E-state index >= 15 is 0 Å². The maximum absolute atomic E-state index is 14.0. The highest BCUT2D eigenvalue weighted by molar-refractivity contribution is 6.10. The second kappa shape index (κ2) is 13.6. The highest BCUT2D eigenvalue weighted by Crippen LogP contribution is 2.55. The highest BCUT2D eigenvalue weighted by Gasteiger charge is 2.80. The number of aldehydes is 2. The number of esters is 1. The number of fused-ring (bicyclic) bond motifs is 1. The van der Waals surface area contributed by atoms with Crippen molar-refractivity contribution in [1.82, 2.24) is 10.6 Å². The van der Waals surface area contributed by atoms with Gasteiger partial charge in [0.15, 0.2) is 11.5 Å². The maximum Gasteiger partial charge on any atom is 0.330 e. The van der Waals surface area contributed by atoms with E-state index in [1.54, 1.807) is 45.0 Å². The van der Waals surface area contributed by atoms with Crippen molar-refractivity contribution in [2.45, 2.75) is 75.5 Å². The van der Waals surface area contributed by atoms with Crippen molar-refractivity contribution < 1.29 is 28.7 Å². The van der Waals surface area contributed by atoms with E-state index in [-0.39, 0.29) is 25.5 Å². The van der Waals surface area contributed by atoms with Crippen molar-refractivity contribution in [3.05, 3.63) is 65.2 Å². The van der Waals surface area contributed by atoms with Gasteiger partial charge in [-0.15, -0.1) is 0 Å². The first kappa shape index (κ1) is 33.3. The summed E-state index contributed by atoms with van der Waals surface area (Å²) in [6.45, 7) is 5.36. The van der Waals surface area contributed by atoms with Crippen molar-refractivity contribution in [3.63, 3.8) is 0 Å². The quantitative estimate of drug-likeness (QED) is 0.0571. The molecule has 2 aromatic rings. The number of aliphatic imine (C=N–C) groups is 1. The summed E-state index contributed by atoms with van der Waals surface area (Å²) in [5.74, 6) is -1.42. The molecule has 2 aliphatic heterocycles. The Morgan fingerprint density at radius 1 is 1.11 bits per heavy atom. The Balaban J connectivity index is 1.75. The minimum Gasteiger partial charge on any atom is -0.462 e. The number of hydrogen-bond donors (Lipinski definition) is 4. The van der Waals surface area contributed by atoms with Crippen LogP contribution in [0.4, 0.5) is 5.69 Å². The average Bonchev–Trinajstić information content (AvgIpc) is 3.72. The van der Waals surface area contributed by atoms with E-state index in [9.17, 15) is 24.0 Å². The van der Waals surface area contributed by atoms with Gasteiger partial charge in [-0.05, 0) is 56.4 Å². The molecule has 0 aliphatic carbocycles. The van der Waals surface area contributed by atoms with Gasteiger partial charge in [0, 0.05) is 24.9 Å². The maximum atomic E-state index is 14.0. The van der Waals surface area contributed by atoms with Crippen LogP contribution in [0, 0.1) is 0 Å². The van der Waals surface area contributed by atoms with E-state index < -0.39 is 40.4 Å². The van der Waals surface area contributed by atoms with Crippen molar-refractivity contribution in [2.24, 2.45) is 16.5 Å². The molecular weight excluding hydrogens is 576 g/mol. The molecule has 1 saturated heterocycles. The van der Waals surface area contributed by atoms with Crippen LogP contribution in [0.5, 0.6) is 0 Å². The van der Waals surface area contributed by atoms with Crippen molar-refractivity contribution in [2.75, 3.05) is 24.5 Å². The van der Waals surface area contributed by atoms with Gasteiger partial charge in [-0.2, -0.15) is 0 Å². The summed E-state index contributed by atoms with van der Waals surface area (Å²) in [6.07, 6.45) is 3.67. The number of rotatable bonds is 15. The smallest absolute Gasteiger partial charge is 0.330 e. The van der Waals surface area contributed by atoms with Gasteiger partial charge in [0.05, 0.1) is 23.9 Å². The van der Waals surface area contributed by atoms with Crippen molar-refractivity contribution in [1.29, 1.82) is 0 Å². The van der Waals surface area contributed by atoms with Crippen LogP contribution < -0.4 is 27.0 Å². The van der Waals surface area contributed by atoms with Crippen LogP contribution in [-0.4, -0.2) is 73.1 Å². The number of hydrogen-bond acceptors (Lipinski definition) is 8. The molecule has 12 heteroatoms. The zero-order valence-corrected chi connectivity index (χ0v) is 26.0. The summed E-state index contributed by atoms with van der Waals surface area (Å²) in [6, 6.07) is 14.4. The number of amides is 2. The summed E-state index contributed by atoms with van der Waals surface area (Å²) >= 11 is 0. The minimum absolute atomic E-state index is 0.0648. The third kappa shape index (κ3) is 6.46. The lowest BCUT2D eigenvalue weighted by molar-refractivity contribution is -0.154. The number of guanidine groups is 1. The Hall–Kier alpha value is -4.58. The molecule has 6 N–H and O–H groups in total. The normalized spacial score (nSPS) is 22.0. The summed E-state index contributed by atoms with van der Waals surface area (Å²) < 4.78 is 5.70. The van der Waals surface area contributed by atoms with Gasteiger partial charge in [-0.1, -0.05) is 49.7 Å². The van der Waals surface area contributed by atoms with Gasteiger partial charge in [0.25, 0.3) is 5.91 Å². The predicted octanol–water partition coefficient (Wildman–Crippen LogP) is 1.53. The molecule has 2 heterocycles. The van der Waals surface area contributed by atoms with Gasteiger partial charge in [0.2, 0.25) is 5.91 Å². The lowest BCUT2D eigenvalue weighted by atomic mass is 9.65. The van der Waals surface area contributed by atoms with Crippen LogP contribution in [0.3, 0.4) is 0 Å². The number of nitrogens with zero attached hydrogens (tertiary/aromatic N) is 2. The zero-order valence-electron chi connectivity index (χ0n) is 26.0. The fourth-order valence-corrected chi connectivity index (χ4v) is 6.38. The molecule has 3 atom stereocenters. The molecule has 0 aromatic heterocycles. The monoisotopic (exact) mass is 618 g/mol. The third-order valence-corrected chi connectivity index (χ3v) is 8.70. The number of carbonyl (C=O) groups excluding carboxylic acids is 5. The predicted molar refractivity (Wildman–Crippen MR) is 170 cm³/mol. The Kier molecular flexibility index (Phi) is 10.1. The molecule has 240 valence electrons. The third-order valence-electron chi connectivity index (χ3n) is 8.70. The van der Waals surface area contributed by atoms with Gasteiger partial charge in [0.1, 0.15) is 18.1 Å². The summed E-state index contributed by atoms with van der Waals surface area (Å²) in [5, 5.41) is 5.78. The number of nitrogens with two attached hydrogens (primary N) is 2. The number of unbranched alkanes of at least 4 members (excludes halogenated alkanes) is 2. The fourth-order valence-electron chi connectivity index (χ4n) is 6.38. The van der Waals surface area contributed by atoms with Gasteiger partial charge < -0.3 is 36.0 Å².